The molecule has 2 aromatic rings. The van der Waals surface area contributed by atoms with Crippen LogP contribution in [0.3, 0.4) is 0 Å². The van der Waals surface area contributed by atoms with Gasteiger partial charge in [0.15, 0.2) is 0 Å². The number of nitrogens with two attached hydrogens (primary N) is 1. The predicted octanol–water partition coefficient (Wildman–Crippen LogP) is 4.00. The molecule has 0 saturated carbocycles. The lowest BCUT2D eigenvalue weighted by Crippen LogP contribution is -2.11. The van der Waals surface area contributed by atoms with Crippen molar-refractivity contribution in [1.82, 2.24) is 0 Å². The molecule has 0 aliphatic rings. The fourth-order valence-corrected chi connectivity index (χ4v) is 1.91. The second-order valence-electron chi connectivity index (χ2n) is 4.08. The van der Waals surface area contributed by atoms with Gasteiger partial charge in [0, 0.05) is 22.2 Å². The molecule has 0 radical (unpaired) electrons. The lowest BCUT2D eigenvalue weighted by molar-refractivity contribution is 0.304. The summed E-state index contributed by atoms with van der Waals surface area (Å²) in [6, 6.07) is 9.18. The number of ether oxygens (including phenoxy) is 1. The van der Waals surface area contributed by atoms with E-state index in [4.69, 9.17) is 39.1 Å². The molecule has 0 bridgehead atoms. The summed E-state index contributed by atoms with van der Waals surface area (Å²) in [6.07, 6.45) is 0. The van der Waals surface area contributed by atoms with Gasteiger partial charge in [0.05, 0.1) is 5.02 Å². The van der Waals surface area contributed by atoms with E-state index in [9.17, 15) is 4.39 Å². The molecule has 3 nitrogen and oxygen atoms in total. The minimum Gasteiger partial charge on any atom is -0.489 e. The highest BCUT2D eigenvalue weighted by molar-refractivity contribution is 6.31. The lowest BCUT2D eigenvalue weighted by Gasteiger charge is -2.09. The van der Waals surface area contributed by atoms with Crippen molar-refractivity contribution in [2.45, 2.75) is 6.61 Å². The SMILES string of the molecule is N=C(N)c1ccc(COc2ccc(Cl)c(F)c2)c(Cl)c1. The van der Waals surface area contributed by atoms with E-state index >= 15 is 0 Å². The van der Waals surface area contributed by atoms with Gasteiger partial charge in [-0.3, -0.25) is 5.41 Å². The van der Waals surface area contributed by atoms with Crippen molar-refractivity contribution in [2.24, 2.45) is 5.73 Å². The third kappa shape index (κ3) is 3.40. The molecule has 0 amide bonds. The first kappa shape index (κ1) is 14.6. The standard InChI is InChI=1S/C14H11Cl2FN2O/c15-11-4-3-10(6-13(11)17)20-7-9-2-1-8(14(18)19)5-12(9)16/h1-6H,7H2,(H3,18,19). The van der Waals surface area contributed by atoms with Gasteiger partial charge >= 0.3 is 0 Å². The van der Waals surface area contributed by atoms with Crippen LogP contribution >= 0.6 is 23.2 Å². The summed E-state index contributed by atoms with van der Waals surface area (Å²) in [5.74, 6) is -0.236. The molecular weight excluding hydrogens is 302 g/mol. The molecule has 0 heterocycles. The summed E-state index contributed by atoms with van der Waals surface area (Å²) < 4.78 is 18.7. The van der Waals surface area contributed by atoms with Gasteiger partial charge in [-0.25, -0.2) is 4.39 Å². The van der Waals surface area contributed by atoms with E-state index < -0.39 is 5.82 Å². The highest BCUT2D eigenvalue weighted by Gasteiger charge is 2.06. The van der Waals surface area contributed by atoms with Crippen molar-refractivity contribution < 1.29 is 9.13 Å². The number of hydrogen-bond donors (Lipinski definition) is 2. The fraction of sp³-hybridized carbons (Fsp3) is 0.0714. The zero-order chi connectivity index (χ0) is 14.7. The highest BCUT2D eigenvalue weighted by Crippen LogP contribution is 2.23. The Morgan fingerprint density at radius 3 is 2.50 bits per heavy atom. The maximum absolute atomic E-state index is 13.3. The Hall–Kier alpha value is -1.78. The van der Waals surface area contributed by atoms with Crippen molar-refractivity contribution in [3.05, 3.63) is 63.4 Å². The third-order valence-electron chi connectivity index (χ3n) is 2.65. The van der Waals surface area contributed by atoms with Crippen LogP contribution < -0.4 is 10.5 Å². The van der Waals surface area contributed by atoms with E-state index in [0.29, 0.717) is 21.9 Å². The normalized spacial score (nSPS) is 10.3. The Morgan fingerprint density at radius 2 is 1.90 bits per heavy atom. The van der Waals surface area contributed by atoms with Crippen LogP contribution in [-0.2, 0) is 6.61 Å². The number of amidine groups is 1. The molecule has 0 atom stereocenters. The zero-order valence-electron chi connectivity index (χ0n) is 10.3. The molecule has 0 fully saturated rings. The van der Waals surface area contributed by atoms with E-state index in [1.165, 1.54) is 12.1 Å². The van der Waals surface area contributed by atoms with E-state index in [0.717, 1.165) is 0 Å². The molecular formula is C14H11Cl2FN2O. The molecule has 0 spiro atoms. The Bertz CT molecular complexity index is 662. The first-order valence-electron chi connectivity index (χ1n) is 5.68. The number of nitrogens with one attached hydrogen (secondary N) is 1. The van der Waals surface area contributed by atoms with E-state index in [1.54, 1.807) is 24.3 Å². The Morgan fingerprint density at radius 1 is 1.15 bits per heavy atom. The number of hydrogen-bond acceptors (Lipinski definition) is 2. The third-order valence-corrected chi connectivity index (χ3v) is 3.31. The van der Waals surface area contributed by atoms with Crippen LogP contribution in [0.1, 0.15) is 11.1 Å². The number of nitrogen functional groups attached to an aromatic ring is 1. The van der Waals surface area contributed by atoms with Gasteiger partial charge in [-0.1, -0.05) is 35.3 Å². The minimum absolute atomic E-state index is 0.0428. The zero-order valence-corrected chi connectivity index (χ0v) is 11.8. The molecule has 3 N–H and O–H groups in total. The summed E-state index contributed by atoms with van der Waals surface area (Å²) in [4.78, 5) is 0. The molecule has 0 aromatic heterocycles. The van der Waals surface area contributed by atoms with Gasteiger partial charge in [-0.2, -0.15) is 0 Å². The van der Waals surface area contributed by atoms with Crippen molar-refractivity contribution in [3.63, 3.8) is 0 Å². The molecule has 2 aromatic carbocycles. The van der Waals surface area contributed by atoms with Crippen molar-refractivity contribution in [3.8, 4) is 5.75 Å². The molecule has 0 saturated heterocycles. The predicted molar refractivity (Wildman–Crippen MR) is 78.2 cm³/mol. The Balaban J connectivity index is 2.10. The van der Waals surface area contributed by atoms with Crippen LogP contribution in [-0.4, -0.2) is 5.84 Å². The molecule has 0 aliphatic heterocycles. The van der Waals surface area contributed by atoms with Crippen LogP contribution in [0.15, 0.2) is 36.4 Å². The van der Waals surface area contributed by atoms with Gasteiger partial charge in [0.25, 0.3) is 0 Å². The van der Waals surface area contributed by atoms with Crippen LogP contribution in [0.4, 0.5) is 4.39 Å². The number of benzene rings is 2. The molecule has 2 rings (SSSR count). The van der Waals surface area contributed by atoms with Crippen LogP contribution in [0, 0.1) is 11.2 Å². The summed E-state index contributed by atoms with van der Waals surface area (Å²) in [6.45, 7) is 0.179. The summed E-state index contributed by atoms with van der Waals surface area (Å²) in [5.41, 5.74) is 6.62. The van der Waals surface area contributed by atoms with Crippen molar-refractivity contribution >= 4 is 29.0 Å². The van der Waals surface area contributed by atoms with Crippen molar-refractivity contribution in [2.75, 3.05) is 0 Å². The molecule has 20 heavy (non-hydrogen) atoms. The largest absolute Gasteiger partial charge is 0.489 e. The summed E-state index contributed by atoms with van der Waals surface area (Å²) in [7, 11) is 0. The Kier molecular flexibility index (Phi) is 4.47. The molecule has 104 valence electrons. The second-order valence-corrected chi connectivity index (χ2v) is 4.90. The number of halogens is 3. The molecule has 6 heteroatoms. The van der Waals surface area contributed by atoms with Crippen LogP contribution in [0.5, 0.6) is 5.75 Å². The highest BCUT2D eigenvalue weighted by atomic mass is 35.5. The van der Waals surface area contributed by atoms with E-state index in [2.05, 4.69) is 0 Å². The second kappa shape index (κ2) is 6.11. The van der Waals surface area contributed by atoms with Crippen LogP contribution in [0.25, 0.3) is 0 Å². The van der Waals surface area contributed by atoms with Gasteiger partial charge in [-0.15, -0.1) is 0 Å². The summed E-state index contributed by atoms with van der Waals surface area (Å²) in [5, 5.41) is 7.80. The monoisotopic (exact) mass is 312 g/mol. The smallest absolute Gasteiger partial charge is 0.145 e. The quantitative estimate of drug-likeness (QED) is 0.662. The van der Waals surface area contributed by atoms with Gasteiger partial charge < -0.3 is 10.5 Å². The lowest BCUT2D eigenvalue weighted by atomic mass is 10.1. The van der Waals surface area contributed by atoms with Crippen LogP contribution in [0.2, 0.25) is 10.0 Å². The van der Waals surface area contributed by atoms with E-state index in [-0.39, 0.29) is 17.5 Å². The first-order valence-corrected chi connectivity index (χ1v) is 6.43. The average molecular weight is 313 g/mol. The Labute approximate surface area is 125 Å². The minimum atomic E-state index is -0.540. The first-order chi connectivity index (χ1) is 9.47. The molecule has 0 aliphatic carbocycles. The summed E-state index contributed by atoms with van der Waals surface area (Å²) >= 11 is 11.7. The maximum Gasteiger partial charge on any atom is 0.145 e. The fourth-order valence-electron chi connectivity index (χ4n) is 1.56. The molecule has 0 unspecified atom stereocenters. The van der Waals surface area contributed by atoms with E-state index in [1.807, 2.05) is 0 Å². The number of rotatable bonds is 4. The average Bonchev–Trinajstić information content (AvgIpc) is 2.41. The van der Waals surface area contributed by atoms with Gasteiger partial charge in [-0.05, 0) is 18.2 Å². The van der Waals surface area contributed by atoms with Gasteiger partial charge in [0.1, 0.15) is 24.0 Å². The topological polar surface area (TPSA) is 59.1 Å². The maximum atomic E-state index is 13.3. The van der Waals surface area contributed by atoms with Crippen molar-refractivity contribution in [1.29, 1.82) is 5.41 Å². The van der Waals surface area contributed by atoms with Gasteiger partial charge in [0.2, 0.25) is 0 Å².